The summed E-state index contributed by atoms with van der Waals surface area (Å²) < 4.78 is 1.12. The second kappa shape index (κ2) is 6.23. The lowest BCUT2D eigenvalue weighted by molar-refractivity contribution is -0.384. The first-order valence-electron chi connectivity index (χ1n) is 5.69. The van der Waals surface area contributed by atoms with E-state index in [0.717, 1.165) is 0 Å². The summed E-state index contributed by atoms with van der Waals surface area (Å²) in [7, 11) is 0. The molecule has 8 heteroatoms. The molecule has 0 aliphatic carbocycles. The van der Waals surface area contributed by atoms with Crippen LogP contribution in [0.2, 0.25) is 0 Å². The summed E-state index contributed by atoms with van der Waals surface area (Å²) in [5.41, 5.74) is 6.64. The molecule has 0 aliphatic heterocycles. The van der Waals surface area contributed by atoms with Crippen LogP contribution in [0, 0.1) is 10.1 Å². The van der Waals surface area contributed by atoms with Crippen molar-refractivity contribution < 1.29 is 9.72 Å². The SMILES string of the molecule is Nc1ccc(Br)c(C(=O)Nc2cc([N+](=O)[O-])ccc2Br)c1. The molecule has 2 aromatic rings. The number of nitrogens with two attached hydrogens (primary N) is 1. The van der Waals surface area contributed by atoms with Gasteiger partial charge in [-0.05, 0) is 56.1 Å². The molecule has 0 saturated carbocycles. The van der Waals surface area contributed by atoms with Crippen LogP contribution < -0.4 is 11.1 Å². The number of benzene rings is 2. The fourth-order valence-corrected chi connectivity index (χ4v) is 2.40. The molecule has 0 saturated heterocycles. The number of hydrogen-bond acceptors (Lipinski definition) is 4. The lowest BCUT2D eigenvalue weighted by Gasteiger charge is -2.09. The molecule has 6 nitrogen and oxygen atoms in total. The smallest absolute Gasteiger partial charge is 0.271 e. The van der Waals surface area contributed by atoms with Crippen molar-refractivity contribution in [2.75, 3.05) is 11.1 Å². The Labute approximate surface area is 136 Å². The highest BCUT2D eigenvalue weighted by atomic mass is 79.9. The number of halogens is 2. The van der Waals surface area contributed by atoms with Crippen molar-refractivity contribution in [2.45, 2.75) is 0 Å². The summed E-state index contributed by atoms with van der Waals surface area (Å²) >= 11 is 6.50. The minimum Gasteiger partial charge on any atom is -0.399 e. The number of nitrogens with one attached hydrogen (secondary N) is 1. The van der Waals surface area contributed by atoms with Gasteiger partial charge in [0.25, 0.3) is 11.6 Å². The molecule has 0 aromatic heterocycles. The molecule has 3 N–H and O–H groups in total. The molecule has 1 amide bonds. The van der Waals surface area contributed by atoms with Gasteiger partial charge in [-0.15, -0.1) is 0 Å². The molecule has 0 atom stereocenters. The van der Waals surface area contributed by atoms with E-state index in [-0.39, 0.29) is 5.69 Å². The number of anilines is 2. The molecular formula is C13H9Br2N3O3. The molecule has 2 aromatic carbocycles. The molecule has 108 valence electrons. The predicted molar refractivity (Wildman–Crippen MR) is 87.3 cm³/mol. The Morgan fingerprint density at radius 3 is 2.48 bits per heavy atom. The first-order valence-corrected chi connectivity index (χ1v) is 7.27. The van der Waals surface area contributed by atoms with Crippen molar-refractivity contribution in [1.29, 1.82) is 0 Å². The highest BCUT2D eigenvalue weighted by molar-refractivity contribution is 9.11. The minimum absolute atomic E-state index is 0.111. The van der Waals surface area contributed by atoms with Gasteiger partial charge in [0.15, 0.2) is 0 Å². The maximum absolute atomic E-state index is 12.2. The molecule has 0 aliphatic rings. The first kappa shape index (κ1) is 15.5. The molecule has 0 bridgehead atoms. The van der Waals surface area contributed by atoms with Gasteiger partial charge in [0.2, 0.25) is 0 Å². The lowest BCUT2D eigenvalue weighted by Crippen LogP contribution is -2.13. The van der Waals surface area contributed by atoms with E-state index in [9.17, 15) is 14.9 Å². The molecule has 21 heavy (non-hydrogen) atoms. The minimum atomic E-state index is -0.529. The van der Waals surface area contributed by atoms with Gasteiger partial charge >= 0.3 is 0 Å². The average Bonchev–Trinajstić information content (AvgIpc) is 2.43. The summed E-state index contributed by atoms with van der Waals surface area (Å²) in [6.07, 6.45) is 0. The number of hydrogen-bond donors (Lipinski definition) is 2. The third-order valence-electron chi connectivity index (χ3n) is 2.64. The molecule has 0 radical (unpaired) electrons. The molecule has 0 fully saturated rings. The van der Waals surface area contributed by atoms with Crippen LogP contribution in [0.5, 0.6) is 0 Å². The van der Waals surface area contributed by atoms with E-state index >= 15 is 0 Å². The van der Waals surface area contributed by atoms with Crippen LogP contribution in [0.3, 0.4) is 0 Å². The number of carbonyl (C=O) groups is 1. The van der Waals surface area contributed by atoms with Gasteiger partial charge in [-0.1, -0.05) is 0 Å². The Balaban J connectivity index is 2.33. The summed E-state index contributed by atoms with van der Waals surface area (Å²) in [4.78, 5) is 22.5. The van der Waals surface area contributed by atoms with Crippen molar-refractivity contribution in [3.63, 3.8) is 0 Å². The number of non-ortho nitro benzene ring substituents is 1. The monoisotopic (exact) mass is 413 g/mol. The third kappa shape index (κ3) is 3.59. The third-order valence-corrected chi connectivity index (χ3v) is 4.03. The van der Waals surface area contributed by atoms with Gasteiger partial charge in [-0.2, -0.15) is 0 Å². The Morgan fingerprint density at radius 2 is 1.81 bits per heavy atom. The number of carbonyl (C=O) groups excluding carboxylic acids is 1. The van der Waals surface area contributed by atoms with E-state index in [4.69, 9.17) is 5.73 Å². The normalized spacial score (nSPS) is 10.2. The zero-order chi connectivity index (χ0) is 15.6. The van der Waals surface area contributed by atoms with Crippen molar-refractivity contribution in [2.24, 2.45) is 0 Å². The van der Waals surface area contributed by atoms with Crippen LogP contribution >= 0.6 is 31.9 Å². The molecule has 2 rings (SSSR count). The maximum atomic E-state index is 12.2. The van der Waals surface area contributed by atoms with E-state index in [0.29, 0.717) is 25.9 Å². The standard InChI is InChI=1S/C13H9Br2N3O3/c14-10-3-1-7(16)5-9(10)13(19)17-12-6-8(18(20)21)2-4-11(12)15/h1-6H,16H2,(H,17,19). The van der Waals surface area contributed by atoms with Crippen molar-refractivity contribution in [1.82, 2.24) is 0 Å². The van der Waals surface area contributed by atoms with Crippen molar-refractivity contribution >= 4 is 54.8 Å². The van der Waals surface area contributed by atoms with Gasteiger partial charge in [-0.25, -0.2) is 0 Å². The number of nitro groups is 1. The van der Waals surface area contributed by atoms with Gasteiger partial charge in [-0.3, -0.25) is 14.9 Å². The number of nitrogen functional groups attached to an aromatic ring is 1. The van der Waals surface area contributed by atoms with Gasteiger partial charge < -0.3 is 11.1 Å². The highest BCUT2D eigenvalue weighted by Gasteiger charge is 2.15. The lowest BCUT2D eigenvalue weighted by atomic mass is 10.2. The summed E-state index contributed by atoms with van der Waals surface area (Å²) in [6.45, 7) is 0. The Hall–Kier alpha value is -1.93. The van der Waals surface area contributed by atoms with Gasteiger partial charge in [0, 0.05) is 26.8 Å². The second-order valence-electron chi connectivity index (χ2n) is 4.11. The van der Waals surface area contributed by atoms with E-state index < -0.39 is 10.8 Å². The van der Waals surface area contributed by atoms with E-state index in [1.54, 1.807) is 12.1 Å². The van der Waals surface area contributed by atoms with Crippen molar-refractivity contribution in [3.05, 3.63) is 61.0 Å². The number of nitrogens with zero attached hydrogens (tertiary/aromatic N) is 1. The second-order valence-corrected chi connectivity index (χ2v) is 5.82. The van der Waals surface area contributed by atoms with Crippen LogP contribution in [0.15, 0.2) is 45.3 Å². The average molecular weight is 415 g/mol. The first-order chi connectivity index (χ1) is 9.88. The number of rotatable bonds is 3. The van der Waals surface area contributed by atoms with E-state index in [1.165, 1.54) is 24.3 Å². The summed E-state index contributed by atoms with van der Waals surface area (Å²) in [5.74, 6) is -0.421. The maximum Gasteiger partial charge on any atom is 0.271 e. The molecule has 0 spiro atoms. The zero-order valence-electron chi connectivity index (χ0n) is 10.5. The van der Waals surface area contributed by atoms with Gasteiger partial charge in [0.05, 0.1) is 16.2 Å². The Morgan fingerprint density at radius 1 is 1.14 bits per heavy atom. The summed E-state index contributed by atoms with van der Waals surface area (Å²) in [6, 6.07) is 8.96. The van der Waals surface area contributed by atoms with E-state index in [2.05, 4.69) is 37.2 Å². The topological polar surface area (TPSA) is 98.3 Å². The highest BCUT2D eigenvalue weighted by Crippen LogP contribution is 2.28. The summed E-state index contributed by atoms with van der Waals surface area (Å²) in [5, 5.41) is 13.4. The number of nitro benzene ring substituents is 1. The largest absolute Gasteiger partial charge is 0.399 e. The van der Waals surface area contributed by atoms with Crippen LogP contribution in [0.1, 0.15) is 10.4 Å². The predicted octanol–water partition coefficient (Wildman–Crippen LogP) is 3.95. The fraction of sp³-hybridized carbons (Fsp3) is 0. The number of amides is 1. The van der Waals surface area contributed by atoms with Crippen LogP contribution in [-0.2, 0) is 0 Å². The molecular weight excluding hydrogens is 406 g/mol. The van der Waals surface area contributed by atoms with Crippen LogP contribution in [0.25, 0.3) is 0 Å². The van der Waals surface area contributed by atoms with Gasteiger partial charge in [0.1, 0.15) is 0 Å². The Kier molecular flexibility index (Phi) is 4.59. The van der Waals surface area contributed by atoms with Crippen molar-refractivity contribution in [3.8, 4) is 0 Å². The quantitative estimate of drug-likeness (QED) is 0.451. The molecule has 0 heterocycles. The van der Waals surface area contributed by atoms with E-state index in [1.807, 2.05) is 0 Å². The zero-order valence-corrected chi connectivity index (χ0v) is 13.6. The molecule has 0 unspecified atom stereocenters. The fourth-order valence-electron chi connectivity index (χ4n) is 1.63. The Bertz CT molecular complexity index is 735. The van der Waals surface area contributed by atoms with Crippen LogP contribution in [0.4, 0.5) is 17.1 Å². The van der Waals surface area contributed by atoms with Crippen LogP contribution in [-0.4, -0.2) is 10.8 Å².